The van der Waals surface area contributed by atoms with Gasteiger partial charge in [0.2, 0.25) is 6.29 Å². The summed E-state index contributed by atoms with van der Waals surface area (Å²) in [5.41, 5.74) is 0.674. The summed E-state index contributed by atoms with van der Waals surface area (Å²) in [6, 6.07) is 1.78. The van der Waals surface area contributed by atoms with Crippen LogP contribution in [0.5, 0.6) is 11.5 Å². The number of fused-ring (bicyclic) bond motifs is 1. The molecule has 1 aromatic heterocycles. The predicted molar refractivity (Wildman–Crippen MR) is 127 cm³/mol. The van der Waals surface area contributed by atoms with E-state index in [1.165, 1.54) is 6.20 Å². The van der Waals surface area contributed by atoms with Gasteiger partial charge in [-0.15, -0.1) is 0 Å². The highest BCUT2D eigenvalue weighted by Crippen LogP contribution is 2.44. The van der Waals surface area contributed by atoms with Crippen LogP contribution in [0.1, 0.15) is 0 Å². The fourth-order valence-electron chi connectivity index (χ4n) is 3.33. The Kier molecular flexibility index (Phi) is 10.0. The van der Waals surface area contributed by atoms with Crippen molar-refractivity contribution in [3.8, 4) is 11.5 Å². The molecule has 0 aliphatic carbocycles. The van der Waals surface area contributed by atoms with Crippen LogP contribution >= 0.6 is 31.9 Å². The van der Waals surface area contributed by atoms with Crippen LogP contribution in [0.3, 0.4) is 0 Å². The van der Waals surface area contributed by atoms with Crippen molar-refractivity contribution in [3.63, 3.8) is 0 Å². The van der Waals surface area contributed by atoms with E-state index in [1.807, 2.05) is 0 Å². The molecule has 5 atom stereocenters. The first-order valence-electron chi connectivity index (χ1n) is 10.4. The van der Waals surface area contributed by atoms with E-state index in [9.17, 15) is 20.4 Å². The van der Waals surface area contributed by atoms with Crippen molar-refractivity contribution >= 4 is 42.8 Å². The van der Waals surface area contributed by atoms with Crippen LogP contribution in [-0.4, -0.2) is 101 Å². The Morgan fingerprint density at radius 2 is 1.71 bits per heavy atom. The van der Waals surface area contributed by atoms with Crippen LogP contribution in [0, 0.1) is 0 Å². The lowest BCUT2D eigenvalue weighted by atomic mass is 9.98. The van der Waals surface area contributed by atoms with Crippen molar-refractivity contribution in [1.29, 1.82) is 0 Å². The van der Waals surface area contributed by atoms with Gasteiger partial charge in [0.25, 0.3) is 0 Å². The Bertz CT molecular complexity index is 971. The molecule has 1 aromatic carbocycles. The van der Waals surface area contributed by atoms with Gasteiger partial charge in [-0.2, -0.15) is 0 Å². The minimum Gasteiger partial charge on any atom is -0.510 e. The maximum absolute atomic E-state index is 10.3. The molecule has 13 heteroatoms. The molecule has 1 aliphatic rings. The van der Waals surface area contributed by atoms with Gasteiger partial charge in [-0.1, -0.05) is 6.58 Å². The van der Waals surface area contributed by atoms with Crippen molar-refractivity contribution in [3.05, 3.63) is 33.5 Å². The number of aromatic amines is 1. The number of aromatic nitrogens is 1. The molecule has 3 rings (SSSR count). The molecule has 0 amide bonds. The topological polar surface area (TPSA) is 163 Å². The summed E-state index contributed by atoms with van der Waals surface area (Å²) < 4.78 is 28.9. The number of aliphatic hydroxyl groups excluding tert-OH is 5. The highest BCUT2D eigenvalue weighted by Gasteiger charge is 2.46. The highest BCUT2D eigenvalue weighted by molar-refractivity contribution is 9.11. The second-order valence-corrected chi connectivity index (χ2v) is 9.03. The molecule has 190 valence electrons. The van der Waals surface area contributed by atoms with Crippen molar-refractivity contribution in [1.82, 2.24) is 4.98 Å². The molecule has 0 spiro atoms. The van der Waals surface area contributed by atoms with E-state index in [0.717, 1.165) is 0 Å². The first-order valence-corrected chi connectivity index (χ1v) is 12.0. The molecule has 1 saturated heterocycles. The normalized spacial score (nSPS) is 24.9. The van der Waals surface area contributed by atoms with Gasteiger partial charge in [-0.3, -0.25) is 0 Å². The number of benzene rings is 1. The molecular weight excluding hydrogens is 586 g/mol. The number of hydrogen-bond donors (Lipinski definition) is 6. The third-order valence-electron chi connectivity index (χ3n) is 5.00. The van der Waals surface area contributed by atoms with Gasteiger partial charge < -0.3 is 54.2 Å². The van der Waals surface area contributed by atoms with Crippen molar-refractivity contribution in [2.24, 2.45) is 0 Å². The van der Waals surface area contributed by atoms with Gasteiger partial charge in [0.1, 0.15) is 48.3 Å². The van der Waals surface area contributed by atoms with Gasteiger partial charge in [0.05, 0.1) is 52.9 Å². The largest absolute Gasteiger partial charge is 0.510 e. The van der Waals surface area contributed by atoms with E-state index in [0.29, 0.717) is 45.4 Å². The number of nitrogens with one attached hydrogen (secondary N) is 1. The van der Waals surface area contributed by atoms with Crippen LogP contribution < -0.4 is 9.47 Å². The van der Waals surface area contributed by atoms with Gasteiger partial charge in [0, 0.05) is 6.20 Å². The Hall–Kier alpha value is -1.42. The first kappa shape index (κ1) is 27.2. The zero-order chi connectivity index (χ0) is 24.8. The quantitative estimate of drug-likeness (QED) is 0.152. The van der Waals surface area contributed by atoms with Crippen LogP contribution in [0.2, 0.25) is 0 Å². The molecule has 1 fully saturated rings. The molecule has 34 heavy (non-hydrogen) atoms. The fraction of sp³-hybridized carbons (Fsp3) is 0.524. The lowest BCUT2D eigenvalue weighted by Crippen LogP contribution is -2.59. The molecule has 6 N–H and O–H groups in total. The minimum atomic E-state index is -1.62. The Morgan fingerprint density at radius 1 is 1.03 bits per heavy atom. The number of halogens is 2. The number of aliphatic hydroxyl groups is 5. The summed E-state index contributed by atoms with van der Waals surface area (Å²) in [7, 11) is 0. The fourth-order valence-corrected chi connectivity index (χ4v) is 4.88. The van der Waals surface area contributed by atoms with Crippen LogP contribution in [0.4, 0.5) is 0 Å². The molecule has 1 aliphatic heterocycles. The van der Waals surface area contributed by atoms with Crippen molar-refractivity contribution in [2.45, 2.75) is 30.7 Å². The monoisotopic (exact) mass is 611 g/mol. The van der Waals surface area contributed by atoms with Crippen molar-refractivity contribution in [2.75, 3.05) is 39.6 Å². The smallest absolute Gasteiger partial charge is 0.229 e. The first-order chi connectivity index (χ1) is 16.3. The number of ether oxygens (including phenoxy) is 5. The summed E-state index contributed by atoms with van der Waals surface area (Å²) in [5.74, 6) is 0.250. The molecule has 0 saturated carbocycles. The molecule has 0 radical (unpaired) electrons. The number of H-pyrrole nitrogens is 1. The summed E-state index contributed by atoms with van der Waals surface area (Å²) >= 11 is 7.00. The van der Waals surface area contributed by atoms with E-state index in [2.05, 4.69) is 43.4 Å². The Balaban J connectivity index is 1.70. The average molecular weight is 613 g/mol. The van der Waals surface area contributed by atoms with E-state index < -0.39 is 36.5 Å². The minimum absolute atomic E-state index is 0.0375. The molecule has 2 aromatic rings. The highest BCUT2D eigenvalue weighted by atomic mass is 79.9. The molecular formula is C21H27Br2NO10. The summed E-state index contributed by atoms with van der Waals surface area (Å²) in [4.78, 5) is 3.04. The lowest BCUT2D eigenvalue weighted by molar-refractivity contribution is -0.268. The van der Waals surface area contributed by atoms with E-state index in [4.69, 9.17) is 28.8 Å². The van der Waals surface area contributed by atoms with Gasteiger partial charge in [0.15, 0.2) is 0 Å². The van der Waals surface area contributed by atoms with Crippen LogP contribution in [-0.2, 0) is 14.2 Å². The molecule has 2 heterocycles. The molecule has 0 bridgehead atoms. The Morgan fingerprint density at radius 3 is 2.38 bits per heavy atom. The summed E-state index contributed by atoms with van der Waals surface area (Å²) in [5, 5.41) is 49.4. The standard InChI is InChI=1S/C21H27Br2NO10/c1-10(26)19-17(28)16(27)18(29)21(34-19)33-13-9-24-12-8-11(22)20(15(23)14(12)13)32-7-6-31-5-4-30-3-2-25/h8-9,16-19,21,24-29H,1-7H2/t16-,17-,18+,19+,21+/m0/s1. The molecule has 11 nitrogen and oxygen atoms in total. The Labute approximate surface area is 212 Å². The maximum atomic E-state index is 10.3. The van der Waals surface area contributed by atoms with Gasteiger partial charge in [-0.25, -0.2) is 0 Å². The second-order valence-electron chi connectivity index (χ2n) is 7.38. The summed E-state index contributed by atoms with van der Waals surface area (Å²) in [6.07, 6.45) is -5.96. The zero-order valence-electron chi connectivity index (χ0n) is 18.0. The summed E-state index contributed by atoms with van der Waals surface area (Å²) in [6.45, 7) is 4.85. The van der Waals surface area contributed by atoms with Gasteiger partial charge in [-0.05, 0) is 37.9 Å². The van der Waals surface area contributed by atoms with E-state index in [1.54, 1.807) is 6.07 Å². The zero-order valence-corrected chi connectivity index (χ0v) is 21.2. The van der Waals surface area contributed by atoms with E-state index in [-0.39, 0.29) is 25.6 Å². The second kappa shape index (κ2) is 12.5. The van der Waals surface area contributed by atoms with E-state index >= 15 is 0 Å². The number of hydrogen-bond acceptors (Lipinski definition) is 10. The predicted octanol–water partition coefficient (Wildman–Crippen LogP) is 1.36. The van der Waals surface area contributed by atoms with Crippen molar-refractivity contribution < 1.29 is 49.2 Å². The van der Waals surface area contributed by atoms with Crippen LogP contribution in [0.15, 0.2) is 33.5 Å². The number of rotatable bonds is 12. The maximum Gasteiger partial charge on any atom is 0.229 e. The molecule has 0 unspecified atom stereocenters. The third-order valence-corrected chi connectivity index (χ3v) is 6.35. The third kappa shape index (κ3) is 6.22. The lowest BCUT2D eigenvalue weighted by Gasteiger charge is -2.39. The van der Waals surface area contributed by atoms with Gasteiger partial charge >= 0.3 is 0 Å². The average Bonchev–Trinajstić information content (AvgIpc) is 3.19. The SMILES string of the molecule is C=C(O)[C@H]1O[C@@H](Oc2c[nH]c3cc(Br)c(OCCOCCOCCO)c(Br)c23)[C@H](O)[C@@H](O)[C@@H]1O. The van der Waals surface area contributed by atoms with Crippen LogP contribution in [0.25, 0.3) is 10.9 Å².